The Hall–Kier alpha value is -1.16. The second kappa shape index (κ2) is 10.4. The molecule has 12 heteroatoms. The molecule has 1 aromatic rings. The van der Waals surface area contributed by atoms with Gasteiger partial charge in [-0.15, -0.1) is 0 Å². The fourth-order valence-electron chi connectivity index (χ4n) is 2.79. The van der Waals surface area contributed by atoms with Crippen LogP contribution in [0.4, 0.5) is 5.82 Å². The lowest BCUT2D eigenvalue weighted by Gasteiger charge is -2.25. The van der Waals surface area contributed by atoms with Gasteiger partial charge < -0.3 is 30.4 Å². The van der Waals surface area contributed by atoms with Gasteiger partial charge in [0, 0.05) is 32.7 Å². The van der Waals surface area contributed by atoms with E-state index in [4.69, 9.17) is 32.1 Å². The molecule has 1 unspecified atom stereocenters. The maximum Gasteiger partial charge on any atom is 0.331 e. The smallest absolute Gasteiger partial charge is 0.331 e. The fourth-order valence-corrected chi connectivity index (χ4v) is 4.70. The van der Waals surface area contributed by atoms with Crippen molar-refractivity contribution in [1.82, 2.24) is 19.8 Å². The number of rotatable bonds is 12. The average molecular weight is 422 g/mol. The van der Waals surface area contributed by atoms with Gasteiger partial charge in [-0.2, -0.15) is 4.99 Å². The molecule has 0 saturated carbocycles. The van der Waals surface area contributed by atoms with Crippen molar-refractivity contribution in [3.63, 3.8) is 0 Å². The average Bonchev–Trinajstić information content (AvgIpc) is 3.01. The van der Waals surface area contributed by atoms with Crippen LogP contribution in [0.5, 0.6) is 0 Å². The molecule has 0 aliphatic carbocycles. The molecule has 0 spiro atoms. The third-order valence-electron chi connectivity index (χ3n) is 4.02. The van der Waals surface area contributed by atoms with Gasteiger partial charge in [0.05, 0.1) is 25.7 Å². The molecule has 0 aromatic carbocycles. The van der Waals surface area contributed by atoms with E-state index in [9.17, 15) is 4.57 Å². The molecule has 2 rings (SSSR count). The van der Waals surface area contributed by atoms with Crippen LogP contribution < -0.4 is 16.8 Å². The highest BCUT2D eigenvalue weighted by atomic mass is 35.5. The Morgan fingerprint density at radius 1 is 1.33 bits per heavy atom. The lowest BCUT2D eigenvalue weighted by Crippen LogP contribution is -2.36. The van der Waals surface area contributed by atoms with Crippen LogP contribution in [-0.4, -0.2) is 66.0 Å². The fraction of sp³-hybridized carbons (Fsp3) is 0.733. The lowest BCUT2D eigenvalue weighted by atomic mass is 10.3. The van der Waals surface area contributed by atoms with Crippen molar-refractivity contribution in [1.29, 1.82) is 0 Å². The Labute approximate surface area is 164 Å². The van der Waals surface area contributed by atoms with Crippen LogP contribution in [0.1, 0.15) is 25.0 Å². The van der Waals surface area contributed by atoms with Crippen LogP contribution >= 0.6 is 19.2 Å². The molecule has 1 aromatic heterocycles. The molecule has 1 aliphatic rings. The summed E-state index contributed by atoms with van der Waals surface area (Å²) in [6.45, 7) is 7.31. The zero-order valence-corrected chi connectivity index (χ0v) is 17.5. The minimum atomic E-state index is -3.08. The first kappa shape index (κ1) is 22.1. The van der Waals surface area contributed by atoms with Crippen LogP contribution in [0, 0.1) is 0 Å². The molecule has 0 amide bonds. The first-order valence-electron chi connectivity index (χ1n) is 9.02. The molecular weight excluding hydrogens is 393 g/mol. The number of aromatic nitrogens is 2. The van der Waals surface area contributed by atoms with Gasteiger partial charge in [-0.25, -0.2) is 4.98 Å². The summed E-state index contributed by atoms with van der Waals surface area (Å²) in [5.74, 6) is 0.908. The minimum Gasteiger partial charge on any atom is -0.370 e. The van der Waals surface area contributed by atoms with Gasteiger partial charge in [0.25, 0.3) is 0 Å². The van der Waals surface area contributed by atoms with E-state index >= 15 is 0 Å². The summed E-state index contributed by atoms with van der Waals surface area (Å²) >= 11 is 6.19. The molecule has 0 bridgehead atoms. The summed E-state index contributed by atoms with van der Waals surface area (Å²) in [7, 11) is -3.08. The molecule has 0 saturated heterocycles. The monoisotopic (exact) mass is 421 g/mol. The topological polar surface area (TPSA) is 133 Å². The molecule has 27 heavy (non-hydrogen) atoms. The van der Waals surface area contributed by atoms with Gasteiger partial charge >= 0.3 is 7.60 Å². The summed E-state index contributed by atoms with van der Waals surface area (Å²) in [6, 6.07) is 0. The Balaban J connectivity index is 1.98. The molecule has 5 N–H and O–H groups in total. The summed E-state index contributed by atoms with van der Waals surface area (Å²) in [4.78, 5) is 10.7. The number of guanidine groups is 1. The van der Waals surface area contributed by atoms with Crippen LogP contribution in [0.2, 0.25) is 0 Å². The number of aliphatic imine (C=N–C) groups is 1. The quantitative estimate of drug-likeness (QED) is 0.260. The van der Waals surface area contributed by atoms with E-state index < -0.39 is 13.1 Å². The summed E-state index contributed by atoms with van der Waals surface area (Å²) in [5.41, 5.74) is 11.6. The van der Waals surface area contributed by atoms with Crippen LogP contribution in [0.25, 0.3) is 0 Å². The van der Waals surface area contributed by atoms with Crippen molar-refractivity contribution < 1.29 is 13.6 Å². The molecule has 2 heterocycles. The normalized spacial score (nSPS) is 16.9. The van der Waals surface area contributed by atoms with E-state index in [1.807, 2.05) is 4.57 Å². The van der Waals surface area contributed by atoms with Gasteiger partial charge in [-0.05, 0) is 13.8 Å². The van der Waals surface area contributed by atoms with E-state index in [2.05, 4.69) is 20.2 Å². The number of hydrogen-bond donors (Lipinski definition) is 3. The molecule has 1 aliphatic heterocycles. The molecule has 0 radical (unpaired) electrons. The van der Waals surface area contributed by atoms with Crippen molar-refractivity contribution in [3.05, 3.63) is 12.0 Å². The number of alkyl halides is 1. The van der Waals surface area contributed by atoms with E-state index in [0.717, 1.165) is 0 Å². The predicted octanol–water partition coefficient (Wildman–Crippen LogP) is 1.20. The van der Waals surface area contributed by atoms with E-state index in [1.54, 1.807) is 20.2 Å². The number of hydrogen-bond acceptors (Lipinski definition) is 9. The van der Waals surface area contributed by atoms with Gasteiger partial charge in [-0.3, -0.25) is 9.46 Å². The van der Waals surface area contributed by atoms with E-state index in [1.165, 1.54) is 0 Å². The van der Waals surface area contributed by atoms with Crippen LogP contribution in [0.3, 0.4) is 0 Å². The largest absolute Gasteiger partial charge is 0.370 e. The Bertz CT molecular complexity index is 674. The first-order valence-corrected chi connectivity index (χ1v) is 11.2. The van der Waals surface area contributed by atoms with Crippen molar-refractivity contribution in [3.8, 4) is 0 Å². The minimum absolute atomic E-state index is 0.262. The van der Waals surface area contributed by atoms with Crippen LogP contribution in [-0.2, 0) is 20.2 Å². The highest BCUT2D eigenvalue weighted by Crippen LogP contribution is 2.47. The molecule has 10 nitrogen and oxygen atoms in total. The zero-order valence-electron chi connectivity index (χ0n) is 15.8. The van der Waals surface area contributed by atoms with Crippen molar-refractivity contribution >= 4 is 31.0 Å². The van der Waals surface area contributed by atoms with Gasteiger partial charge in [0.2, 0.25) is 0 Å². The Kier molecular flexibility index (Phi) is 8.53. The molecule has 1 atom stereocenters. The van der Waals surface area contributed by atoms with E-state index in [0.29, 0.717) is 63.6 Å². The van der Waals surface area contributed by atoms with Gasteiger partial charge in [0.15, 0.2) is 17.3 Å². The summed E-state index contributed by atoms with van der Waals surface area (Å²) in [6.07, 6.45) is 2.01. The maximum atomic E-state index is 12.6. The highest BCUT2D eigenvalue weighted by Gasteiger charge is 2.26. The number of halogens is 1. The van der Waals surface area contributed by atoms with Crippen molar-refractivity contribution in [2.45, 2.75) is 25.9 Å². The third-order valence-corrected chi connectivity index (χ3v) is 6.39. The SMILES string of the molecule is CCOP(=O)(CCN(CCN)CCn1cnc2c1N=C(N)NC2Cl)OCC. The lowest BCUT2D eigenvalue weighted by molar-refractivity contribution is 0.211. The van der Waals surface area contributed by atoms with Gasteiger partial charge in [0.1, 0.15) is 5.69 Å². The van der Waals surface area contributed by atoms with Gasteiger partial charge in [-0.1, -0.05) is 11.6 Å². The number of nitrogens with two attached hydrogens (primary N) is 2. The van der Waals surface area contributed by atoms with Crippen molar-refractivity contribution in [2.75, 3.05) is 45.6 Å². The summed E-state index contributed by atoms with van der Waals surface area (Å²) < 4.78 is 25.3. The van der Waals surface area contributed by atoms with E-state index in [-0.39, 0.29) is 5.96 Å². The third kappa shape index (κ3) is 6.17. The Morgan fingerprint density at radius 2 is 2.04 bits per heavy atom. The number of nitrogens with zero attached hydrogens (tertiary/aromatic N) is 4. The second-order valence-corrected chi connectivity index (χ2v) is 8.57. The number of imidazole rings is 1. The second-order valence-electron chi connectivity index (χ2n) is 5.95. The standard InChI is InChI=1S/C15H29ClN7O3P/c1-3-25-27(24,26-4-2)10-9-22(6-5-17)7-8-23-11-19-12-13(16)20-15(18)21-14(12)23/h11,13H,3-10,17H2,1-2H3,(H3,18,20,21). The summed E-state index contributed by atoms with van der Waals surface area (Å²) in [5, 5.41) is 2.83. The predicted molar refractivity (Wildman–Crippen MR) is 106 cm³/mol. The highest BCUT2D eigenvalue weighted by molar-refractivity contribution is 7.53. The molecule has 0 fully saturated rings. The molecular formula is C15H29ClN7O3P. The van der Waals surface area contributed by atoms with Crippen molar-refractivity contribution in [2.24, 2.45) is 16.5 Å². The first-order chi connectivity index (χ1) is 12.9. The van der Waals surface area contributed by atoms with Crippen LogP contribution in [0.15, 0.2) is 11.3 Å². The molecule has 154 valence electrons. The number of fused-ring (bicyclic) bond motifs is 1. The Morgan fingerprint density at radius 3 is 2.67 bits per heavy atom. The zero-order chi connectivity index (χ0) is 19.9. The maximum absolute atomic E-state index is 12.6. The number of nitrogens with one attached hydrogen (secondary N) is 1.